The molecule has 108 valence electrons. The second kappa shape index (κ2) is 6.29. The first-order valence-corrected chi connectivity index (χ1v) is 7.84. The summed E-state index contributed by atoms with van der Waals surface area (Å²) in [7, 11) is 0. The highest BCUT2D eigenvalue weighted by atomic mass is 16.5. The van der Waals surface area contributed by atoms with E-state index >= 15 is 0 Å². The molecule has 0 N–H and O–H groups in total. The van der Waals surface area contributed by atoms with E-state index in [9.17, 15) is 4.79 Å². The Morgan fingerprint density at radius 2 is 1.85 bits per heavy atom. The summed E-state index contributed by atoms with van der Waals surface area (Å²) in [4.78, 5) is 14.3. The molecule has 2 aliphatic rings. The number of ether oxygens (including phenoxy) is 1. The monoisotopic (exact) mass is 273 g/mol. The topological polar surface area (TPSA) is 29.5 Å². The molecule has 0 atom stereocenters. The molecule has 1 aromatic rings. The molecule has 0 bridgehead atoms. The average molecular weight is 273 g/mol. The van der Waals surface area contributed by atoms with Gasteiger partial charge >= 0.3 is 5.97 Å². The SMILES string of the molecule is O=C(OCc1ccccc1N1CCCCC1)C1CCC1. The minimum atomic E-state index is -0.00954. The first kappa shape index (κ1) is 13.5. The number of hydrogen-bond acceptors (Lipinski definition) is 3. The molecule has 3 rings (SSSR count). The van der Waals surface area contributed by atoms with Crippen LogP contribution >= 0.6 is 0 Å². The van der Waals surface area contributed by atoms with Gasteiger partial charge in [0.2, 0.25) is 0 Å². The number of anilines is 1. The van der Waals surface area contributed by atoms with Gasteiger partial charge in [0.25, 0.3) is 0 Å². The van der Waals surface area contributed by atoms with Crippen molar-refractivity contribution in [3.8, 4) is 0 Å². The normalized spacial score (nSPS) is 19.5. The number of benzene rings is 1. The van der Waals surface area contributed by atoms with Crippen LogP contribution in [0.3, 0.4) is 0 Å². The van der Waals surface area contributed by atoms with Crippen LogP contribution in [0, 0.1) is 5.92 Å². The van der Waals surface area contributed by atoms with Crippen LogP contribution in [0.4, 0.5) is 5.69 Å². The number of esters is 1. The van der Waals surface area contributed by atoms with Gasteiger partial charge in [-0.05, 0) is 38.2 Å². The van der Waals surface area contributed by atoms with E-state index in [1.807, 2.05) is 6.07 Å². The average Bonchev–Trinajstić information content (AvgIpc) is 2.44. The molecule has 1 heterocycles. The van der Waals surface area contributed by atoms with Crippen molar-refractivity contribution in [1.82, 2.24) is 0 Å². The molecule has 0 amide bonds. The van der Waals surface area contributed by atoms with Crippen molar-refractivity contribution < 1.29 is 9.53 Å². The zero-order chi connectivity index (χ0) is 13.8. The quantitative estimate of drug-likeness (QED) is 0.786. The molecule has 2 fully saturated rings. The molecule has 3 nitrogen and oxygen atoms in total. The molecule has 0 aromatic heterocycles. The third-order valence-corrected chi connectivity index (χ3v) is 4.50. The zero-order valence-electron chi connectivity index (χ0n) is 12.0. The molecule has 1 saturated heterocycles. The van der Waals surface area contributed by atoms with Crippen LogP contribution < -0.4 is 4.90 Å². The van der Waals surface area contributed by atoms with Crippen LogP contribution in [0.25, 0.3) is 0 Å². The largest absolute Gasteiger partial charge is 0.461 e. The molecule has 0 spiro atoms. The summed E-state index contributed by atoms with van der Waals surface area (Å²) in [6.45, 7) is 2.66. The van der Waals surface area contributed by atoms with Crippen LogP contribution in [-0.2, 0) is 16.1 Å². The summed E-state index contributed by atoms with van der Waals surface area (Å²) >= 11 is 0. The highest BCUT2D eigenvalue weighted by Gasteiger charge is 2.26. The second-order valence-electron chi connectivity index (χ2n) is 5.91. The Balaban J connectivity index is 1.64. The van der Waals surface area contributed by atoms with Gasteiger partial charge in [0.15, 0.2) is 0 Å². The minimum absolute atomic E-state index is 0.00954. The third kappa shape index (κ3) is 2.97. The third-order valence-electron chi connectivity index (χ3n) is 4.50. The lowest BCUT2D eigenvalue weighted by Crippen LogP contribution is -2.30. The summed E-state index contributed by atoms with van der Waals surface area (Å²) in [6, 6.07) is 8.33. The van der Waals surface area contributed by atoms with Crippen LogP contribution in [0.15, 0.2) is 24.3 Å². The summed E-state index contributed by atoms with van der Waals surface area (Å²) in [5.74, 6) is 0.154. The second-order valence-corrected chi connectivity index (χ2v) is 5.91. The minimum Gasteiger partial charge on any atom is -0.461 e. The summed E-state index contributed by atoms with van der Waals surface area (Å²) in [5, 5.41) is 0. The smallest absolute Gasteiger partial charge is 0.309 e. The number of hydrogen-bond donors (Lipinski definition) is 0. The van der Waals surface area contributed by atoms with E-state index in [2.05, 4.69) is 23.1 Å². The van der Waals surface area contributed by atoms with Crippen molar-refractivity contribution >= 4 is 11.7 Å². The highest BCUT2D eigenvalue weighted by molar-refractivity contribution is 5.73. The molecule has 0 radical (unpaired) electrons. The fourth-order valence-electron chi connectivity index (χ4n) is 2.99. The van der Waals surface area contributed by atoms with Crippen molar-refractivity contribution in [1.29, 1.82) is 0 Å². The maximum absolute atomic E-state index is 11.9. The molecule has 1 aromatic carbocycles. The maximum Gasteiger partial charge on any atom is 0.309 e. The van der Waals surface area contributed by atoms with Gasteiger partial charge in [0.1, 0.15) is 6.61 Å². The highest BCUT2D eigenvalue weighted by Crippen LogP contribution is 2.29. The van der Waals surface area contributed by atoms with Crippen molar-refractivity contribution in [3.63, 3.8) is 0 Å². The van der Waals surface area contributed by atoms with Crippen molar-refractivity contribution in [2.75, 3.05) is 18.0 Å². The summed E-state index contributed by atoms with van der Waals surface area (Å²) < 4.78 is 5.50. The van der Waals surface area contributed by atoms with E-state index in [0.29, 0.717) is 6.61 Å². The van der Waals surface area contributed by atoms with Gasteiger partial charge in [0.05, 0.1) is 5.92 Å². The van der Waals surface area contributed by atoms with Crippen molar-refractivity contribution in [2.24, 2.45) is 5.92 Å². The fraction of sp³-hybridized carbons (Fsp3) is 0.588. The van der Waals surface area contributed by atoms with Gasteiger partial charge in [-0.1, -0.05) is 24.6 Å². The molecular weight excluding hydrogens is 250 g/mol. The standard InChI is InChI=1S/C17H23NO2/c19-17(14-8-6-9-14)20-13-15-7-2-3-10-16(15)18-11-4-1-5-12-18/h2-3,7,10,14H,1,4-6,8-9,11-13H2. The Morgan fingerprint density at radius 1 is 1.10 bits per heavy atom. The van der Waals surface area contributed by atoms with E-state index < -0.39 is 0 Å². The number of piperidine rings is 1. The molecule has 1 aliphatic carbocycles. The maximum atomic E-state index is 11.9. The number of nitrogens with zero attached hydrogens (tertiary/aromatic N) is 1. The van der Waals surface area contributed by atoms with Gasteiger partial charge in [0, 0.05) is 24.3 Å². The Labute approximate surface area is 120 Å². The Kier molecular flexibility index (Phi) is 4.24. The van der Waals surface area contributed by atoms with E-state index in [1.165, 1.54) is 31.4 Å². The Morgan fingerprint density at radius 3 is 2.55 bits per heavy atom. The first-order chi connectivity index (χ1) is 9.84. The predicted octanol–water partition coefficient (Wildman–Crippen LogP) is 3.52. The molecular formula is C17H23NO2. The fourth-order valence-corrected chi connectivity index (χ4v) is 2.99. The van der Waals surface area contributed by atoms with Gasteiger partial charge in [-0.25, -0.2) is 0 Å². The molecule has 0 unspecified atom stereocenters. The van der Waals surface area contributed by atoms with E-state index in [1.54, 1.807) is 0 Å². The number of rotatable bonds is 4. The number of carbonyl (C=O) groups excluding carboxylic acids is 1. The lowest BCUT2D eigenvalue weighted by atomic mass is 9.86. The van der Waals surface area contributed by atoms with Crippen LogP contribution in [0.1, 0.15) is 44.1 Å². The molecule has 1 aliphatic heterocycles. The molecule has 3 heteroatoms. The van der Waals surface area contributed by atoms with Crippen molar-refractivity contribution in [3.05, 3.63) is 29.8 Å². The van der Waals surface area contributed by atoms with Crippen LogP contribution in [0.2, 0.25) is 0 Å². The lowest BCUT2D eigenvalue weighted by molar-refractivity contribution is -0.152. The molecule has 1 saturated carbocycles. The van der Waals surface area contributed by atoms with Gasteiger partial charge in [-0.2, -0.15) is 0 Å². The lowest BCUT2D eigenvalue weighted by Gasteiger charge is -2.30. The number of para-hydroxylation sites is 1. The number of carbonyl (C=O) groups is 1. The molecule has 20 heavy (non-hydrogen) atoms. The van der Waals surface area contributed by atoms with Crippen LogP contribution in [-0.4, -0.2) is 19.1 Å². The van der Waals surface area contributed by atoms with Crippen LogP contribution in [0.5, 0.6) is 0 Å². The Bertz CT molecular complexity index is 462. The van der Waals surface area contributed by atoms with Gasteiger partial charge in [-0.15, -0.1) is 0 Å². The van der Waals surface area contributed by atoms with E-state index in [-0.39, 0.29) is 11.9 Å². The predicted molar refractivity (Wildman–Crippen MR) is 79.6 cm³/mol. The summed E-state index contributed by atoms with van der Waals surface area (Å²) in [6.07, 6.45) is 7.03. The summed E-state index contributed by atoms with van der Waals surface area (Å²) in [5.41, 5.74) is 2.38. The Hall–Kier alpha value is -1.51. The van der Waals surface area contributed by atoms with Gasteiger partial charge < -0.3 is 9.64 Å². The zero-order valence-corrected chi connectivity index (χ0v) is 12.0. The van der Waals surface area contributed by atoms with E-state index in [4.69, 9.17) is 4.74 Å². The first-order valence-electron chi connectivity index (χ1n) is 7.84. The van der Waals surface area contributed by atoms with Crippen molar-refractivity contribution in [2.45, 2.75) is 45.1 Å². The van der Waals surface area contributed by atoms with Gasteiger partial charge in [-0.3, -0.25) is 4.79 Å². The van der Waals surface area contributed by atoms with E-state index in [0.717, 1.165) is 31.5 Å².